The second-order valence-electron chi connectivity index (χ2n) is 5.00. The molecule has 0 bridgehead atoms. The lowest BCUT2D eigenvalue weighted by atomic mass is 9.96. The molecule has 1 saturated carbocycles. The van der Waals surface area contributed by atoms with Crippen LogP contribution in [0.15, 0.2) is 16.6 Å². The quantitative estimate of drug-likeness (QED) is 0.837. The highest BCUT2D eigenvalue weighted by atomic mass is 79.9. The van der Waals surface area contributed by atoms with Crippen LogP contribution in [0.3, 0.4) is 0 Å². The Bertz CT molecular complexity index is 468. The van der Waals surface area contributed by atoms with Gasteiger partial charge in [0, 0.05) is 23.7 Å². The third-order valence-electron chi connectivity index (χ3n) is 3.68. The molecule has 3 rings (SSSR count). The fourth-order valence-corrected chi connectivity index (χ4v) is 3.43. The second-order valence-corrected chi connectivity index (χ2v) is 5.92. The summed E-state index contributed by atoms with van der Waals surface area (Å²) in [6, 6.07) is 4.29. The van der Waals surface area contributed by atoms with Crippen molar-refractivity contribution in [2.45, 2.75) is 32.1 Å². The molecule has 1 heterocycles. The van der Waals surface area contributed by atoms with Crippen molar-refractivity contribution >= 4 is 21.7 Å². The number of ketones is 1. The van der Waals surface area contributed by atoms with Gasteiger partial charge >= 0.3 is 0 Å². The predicted octanol–water partition coefficient (Wildman–Crippen LogP) is 3.30. The summed E-state index contributed by atoms with van der Waals surface area (Å²) in [6.07, 6.45) is 4.54. The molecule has 1 atom stereocenters. The molecule has 1 aliphatic carbocycles. The highest BCUT2D eigenvalue weighted by Gasteiger charge is 2.25. The minimum Gasteiger partial charge on any atom is -0.493 e. The highest BCUT2D eigenvalue weighted by Crippen LogP contribution is 2.36. The van der Waals surface area contributed by atoms with Gasteiger partial charge in [0.05, 0.1) is 6.61 Å². The van der Waals surface area contributed by atoms with Crippen molar-refractivity contribution < 1.29 is 9.53 Å². The Labute approximate surface area is 109 Å². The van der Waals surface area contributed by atoms with Gasteiger partial charge < -0.3 is 4.74 Å². The average Bonchev–Trinajstić information content (AvgIpc) is 2.87. The summed E-state index contributed by atoms with van der Waals surface area (Å²) in [7, 11) is 0. The first kappa shape index (κ1) is 11.3. The number of halogens is 1. The van der Waals surface area contributed by atoms with E-state index in [-0.39, 0.29) is 0 Å². The summed E-state index contributed by atoms with van der Waals surface area (Å²) in [5, 5.41) is 0. The number of rotatable bonds is 2. The number of Topliss-reactive ketones (excluding diaryl/α,β-unsaturated/α-hetero) is 1. The lowest BCUT2D eigenvalue weighted by Gasteiger charge is -2.12. The Morgan fingerprint density at radius 1 is 1.35 bits per heavy atom. The van der Waals surface area contributed by atoms with E-state index in [9.17, 15) is 4.79 Å². The zero-order chi connectivity index (χ0) is 11.8. The van der Waals surface area contributed by atoms with Crippen LogP contribution in [-0.4, -0.2) is 12.4 Å². The lowest BCUT2D eigenvalue weighted by molar-refractivity contribution is -0.117. The molecule has 1 aromatic rings. The van der Waals surface area contributed by atoms with Gasteiger partial charge in [-0.25, -0.2) is 0 Å². The Kier molecular flexibility index (Phi) is 2.95. The largest absolute Gasteiger partial charge is 0.493 e. The first-order chi connectivity index (χ1) is 8.22. The van der Waals surface area contributed by atoms with E-state index in [1.807, 2.05) is 0 Å². The monoisotopic (exact) mass is 294 g/mol. The number of fused-ring (bicyclic) bond motifs is 1. The van der Waals surface area contributed by atoms with E-state index in [2.05, 4.69) is 28.1 Å². The van der Waals surface area contributed by atoms with E-state index in [0.29, 0.717) is 11.7 Å². The molecular formula is C14H15BrO2. The average molecular weight is 295 g/mol. The van der Waals surface area contributed by atoms with Gasteiger partial charge in [-0.2, -0.15) is 0 Å². The number of benzene rings is 1. The van der Waals surface area contributed by atoms with Gasteiger partial charge in [0.1, 0.15) is 11.5 Å². The van der Waals surface area contributed by atoms with Crippen molar-refractivity contribution in [3.63, 3.8) is 0 Å². The zero-order valence-electron chi connectivity index (χ0n) is 9.67. The maximum Gasteiger partial charge on any atom is 0.133 e. The predicted molar refractivity (Wildman–Crippen MR) is 69.4 cm³/mol. The fraction of sp³-hybridized carbons (Fsp3) is 0.500. The summed E-state index contributed by atoms with van der Waals surface area (Å²) < 4.78 is 6.84. The molecule has 0 radical (unpaired) electrons. The Balaban J connectivity index is 1.85. The van der Waals surface area contributed by atoms with E-state index in [4.69, 9.17) is 4.74 Å². The van der Waals surface area contributed by atoms with Crippen LogP contribution in [-0.2, 0) is 17.6 Å². The molecule has 1 aromatic carbocycles. The maximum absolute atomic E-state index is 11.3. The van der Waals surface area contributed by atoms with Crippen LogP contribution >= 0.6 is 15.9 Å². The van der Waals surface area contributed by atoms with Crippen LogP contribution in [0.1, 0.15) is 30.4 Å². The molecule has 2 aliphatic rings. The highest BCUT2D eigenvalue weighted by molar-refractivity contribution is 9.10. The minimum absolute atomic E-state index is 0.419. The Morgan fingerprint density at radius 2 is 2.24 bits per heavy atom. The van der Waals surface area contributed by atoms with E-state index < -0.39 is 0 Å². The molecule has 0 spiro atoms. The number of carbonyl (C=O) groups excluding carboxylic acids is 1. The number of carbonyl (C=O) groups is 1. The molecule has 0 N–H and O–H groups in total. The van der Waals surface area contributed by atoms with Crippen molar-refractivity contribution in [2.75, 3.05) is 6.61 Å². The summed E-state index contributed by atoms with van der Waals surface area (Å²) in [5.74, 6) is 2.01. The van der Waals surface area contributed by atoms with Crippen LogP contribution < -0.4 is 4.74 Å². The van der Waals surface area contributed by atoms with Crippen molar-refractivity contribution in [2.24, 2.45) is 5.92 Å². The van der Waals surface area contributed by atoms with Gasteiger partial charge in [0.25, 0.3) is 0 Å². The van der Waals surface area contributed by atoms with Crippen LogP contribution in [0.25, 0.3) is 0 Å². The molecule has 3 heteroatoms. The molecule has 0 amide bonds. The van der Waals surface area contributed by atoms with Crippen molar-refractivity contribution in [3.05, 3.63) is 27.7 Å². The van der Waals surface area contributed by atoms with Crippen molar-refractivity contribution in [1.29, 1.82) is 0 Å². The topological polar surface area (TPSA) is 26.3 Å². The van der Waals surface area contributed by atoms with Gasteiger partial charge in [-0.15, -0.1) is 0 Å². The number of hydrogen-bond donors (Lipinski definition) is 0. The summed E-state index contributed by atoms with van der Waals surface area (Å²) in [5.41, 5.74) is 2.57. The van der Waals surface area contributed by atoms with Gasteiger partial charge in [0.15, 0.2) is 0 Å². The standard InChI is InChI=1S/C14H15BrO2/c15-12-7-10-3-4-17-14(10)11(8-12)5-9-1-2-13(16)6-9/h7-9H,1-6H2. The smallest absolute Gasteiger partial charge is 0.133 e. The zero-order valence-corrected chi connectivity index (χ0v) is 11.3. The molecule has 0 aromatic heterocycles. The van der Waals surface area contributed by atoms with Gasteiger partial charge in [-0.1, -0.05) is 15.9 Å². The molecule has 1 unspecified atom stereocenters. The molecule has 1 fully saturated rings. The van der Waals surface area contributed by atoms with Crippen molar-refractivity contribution in [3.8, 4) is 5.75 Å². The van der Waals surface area contributed by atoms with Crippen LogP contribution in [0.5, 0.6) is 5.75 Å². The second kappa shape index (κ2) is 4.45. The van der Waals surface area contributed by atoms with Gasteiger partial charge in [0.2, 0.25) is 0 Å². The maximum atomic E-state index is 11.3. The van der Waals surface area contributed by atoms with E-state index in [1.54, 1.807) is 0 Å². The van der Waals surface area contributed by atoms with E-state index >= 15 is 0 Å². The molecular weight excluding hydrogens is 280 g/mol. The molecule has 90 valence electrons. The molecule has 17 heavy (non-hydrogen) atoms. The van der Waals surface area contributed by atoms with E-state index in [0.717, 1.165) is 48.9 Å². The van der Waals surface area contributed by atoms with E-state index in [1.165, 1.54) is 11.1 Å². The van der Waals surface area contributed by atoms with Crippen LogP contribution in [0.2, 0.25) is 0 Å². The molecule has 0 saturated heterocycles. The van der Waals surface area contributed by atoms with Gasteiger partial charge in [-0.05, 0) is 42.0 Å². The summed E-state index contributed by atoms with van der Waals surface area (Å²) in [4.78, 5) is 11.3. The normalized spacial score (nSPS) is 22.6. The summed E-state index contributed by atoms with van der Waals surface area (Å²) in [6.45, 7) is 0.794. The van der Waals surface area contributed by atoms with Gasteiger partial charge in [-0.3, -0.25) is 4.79 Å². The minimum atomic E-state index is 0.419. The molecule has 1 aliphatic heterocycles. The first-order valence-electron chi connectivity index (χ1n) is 6.18. The Hall–Kier alpha value is -0.830. The molecule has 2 nitrogen and oxygen atoms in total. The van der Waals surface area contributed by atoms with Crippen molar-refractivity contribution in [1.82, 2.24) is 0 Å². The summed E-state index contributed by atoms with van der Waals surface area (Å²) >= 11 is 3.55. The number of ether oxygens (including phenoxy) is 1. The van der Waals surface area contributed by atoms with Crippen LogP contribution in [0, 0.1) is 5.92 Å². The third-order valence-corrected chi connectivity index (χ3v) is 4.14. The van der Waals surface area contributed by atoms with Crippen LogP contribution in [0.4, 0.5) is 0 Å². The third kappa shape index (κ3) is 2.25. The Morgan fingerprint density at radius 3 is 3.00 bits per heavy atom. The SMILES string of the molecule is O=C1CCC(Cc2cc(Br)cc3c2OCC3)C1. The number of hydrogen-bond acceptors (Lipinski definition) is 2. The first-order valence-corrected chi connectivity index (χ1v) is 6.97. The lowest BCUT2D eigenvalue weighted by Crippen LogP contribution is -2.02. The fourth-order valence-electron chi connectivity index (χ4n) is 2.87.